The highest BCUT2D eigenvalue weighted by atomic mass is 16.1. The van der Waals surface area contributed by atoms with Gasteiger partial charge >= 0.3 is 0 Å². The quantitative estimate of drug-likeness (QED) is 0.471. The normalized spacial score (nSPS) is 17.3. The summed E-state index contributed by atoms with van der Waals surface area (Å²) in [4.78, 5) is 19.0. The van der Waals surface area contributed by atoms with E-state index in [-0.39, 0.29) is 11.6 Å². The van der Waals surface area contributed by atoms with Crippen LogP contribution in [0.4, 0.5) is 5.69 Å². The van der Waals surface area contributed by atoms with Crippen LogP contribution < -0.4 is 10.5 Å². The maximum absolute atomic E-state index is 13.6. The molecule has 0 radical (unpaired) electrons. The molecule has 7 nitrogen and oxygen atoms in total. The molecule has 1 N–H and O–H groups in total. The van der Waals surface area contributed by atoms with Gasteiger partial charge in [0.2, 0.25) is 0 Å². The first-order valence-electron chi connectivity index (χ1n) is 12.5. The lowest BCUT2D eigenvalue weighted by molar-refractivity contribution is 0.425. The SMILES string of the molecule is CCc1ccc2[nH]c(=O)c([C@H](c3nnnn3C3CCCC3)N3CCCc4ccccc43)cc2c1. The van der Waals surface area contributed by atoms with Gasteiger partial charge in [0.1, 0.15) is 6.04 Å². The number of aromatic nitrogens is 5. The molecular weight excluding hydrogens is 424 g/mol. The Morgan fingerprint density at radius 1 is 1.09 bits per heavy atom. The Kier molecular flexibility index (Phi) is 5.40. The molecule has 1 fully saturated rings. The minimum Gasteiger partial charge on any atom is -0.357 e. The molecule has 174 valence electrons. The topological polar surface area (TPSA) is 79.7 Å². The lowest BCUT2D eigenvalue weighted by atomic mass is 9.96. The van der Waals surface area contributed by atoms with E-state index in [9.17, 15) is 4.79 Å². The van der Waals surface area contributed by atoms with Crippen LogP contribution in [0.1, 0.15) is 73.6 Å². The number of benzene rings is 2. The fraction of sp³-hybridized carbons (Fsp3) is 0.407. The second-order valence-electron chi connectivity index (χ2n) is 9.58. The molecule has 0 bridgehead atoms. The number of pyridine rings is 1. The van der Waals surface area contributed by atoms with E-state index < -0.39 is 0 Å². The van der Waals surface area contributed by atoms with E-state index in [4.69, 9.17) is 0 Å². The highest BCUT2D eigenvalue weighted by molar-refractivity contribution is 5.80. The minimum atomic E-state index is -0.351. The average Bonchev–Trinajstić information content (AvgIpc) is 3.57. The predicted octanol–water partition coefficient (Wildman–Crippen LogP) is 4.73. The van der Waals surface area contributed by atoms with E-state index in [1.165, 1.54) is 29.7 Å². The molecule has 0 unspecified atom stereocenters. The van der Waals surface area contributed by atoms with Gasteiger partial charge in [-0.1, -0.05) is 44.0 Å². The summed E-state index contributed by atoms with van der Waals surface area (Å²) >= 11 is 0. The Bertz CT molecular complexity index is 1380. The van der Waals surface area contributed by atoms with Crippen molar-refractivity contribution >= 4 is 16.6 Å². The van der Waals surface area contributed by atoms with Crippen LogP contribution in [0, 0.1) is 0 Å². The second kappa shape index (κ2) is 8.70. The van der Waals surface area contributed by atoms with Crippen molar-refractivity contribution in [3.8, 4) is 0 Å². The van der Waals surface area contributed by atoms with Gasteiger partial charge in [-0.15, -0.1) is 5.10 Å². The van der Waals surface area contributed by atoms with Gasteiger partial charge in [-0.3, -0.25) is 4.79 Å². The summed E-state index contributed by atoms with van der Waals surface area (Å²) in [5, 5.41) is 14.1. The summed E-state index contributed by atoms with van der Waals surface area (Å²) in [6, 6.07) is 16.8. The van der Waals surface area contributed by atoms with Crippen LogP contribution in [0.25, 0.3) is 10.9 Å². The van der Waals surface area contributed by atoms with Gasteiger partial charge in [-0.2, -0.15) is 0 Å². The fourth-order valence-corrected chi connectivity index (χ4v) is 5.76. The summed E-state index contributed by atoms with van der Waals surface area (Å²) in [6.07, 6.45) is 7.57. The van der Waals surface area contributed by atoms with E-state index in [1.807, 2.05) is 10.7 Å². The van der Waals surface area contributed by atoms with Crippen molar-refractivity contribution < 1.29 is 0 Å². The molecule has 2 aromatic carbocycles. The third kappa shape index (κ3) is 3.59. The molecule has 1 aliphatic carbocycles. The van der Waals surface area contributed by atoms with E-state index in [0.717, 1.165) is 55.4 Å². The fourth-order valence-electron chi connectivity index (χ4n) is 5.76. The van der Waals surface area contributed by atoms with Gasteiger partial charge in [0.25, 0.3) is 5.56 Å². The monoisotopic (exact) mass is 454 g/mol. The number of nitrogens with zero attached hydrogens (tertiary/aromatic N) is 5. The smallest absolute Gasteiger partial charge is 0.254 e. The second-order valence-corrected chi connectivity index (χ2v) is 9.58. The van der Waals surface area contributed by atoms with Crippen molar-refractivity contribution in [1.29, 1.82) is 0 Å². The van der Waals surface area contributed by atoms with E-state index in [2.05, 4.69) is 74.8 Å². The van der Waals surface area contributed by atoms with Crippen LogP contribution in [-0.4, -0.2) is 31.7 Å². The number of aryl methyl sites for hydroxylation is 2. The van der Waals surface area contributed by atoms with Gasteiger partial charge < -0.3 is 9.88 Å². The highest BCUT2D eigenvalue weighted by Gasteiger charge is 2.35. The summed E-state index contributed by atoms with van der Waals surface area (Å²) in [5.41, 5.74) is 5.21. The molecule has 34 heavy (non-hydrogen) atoms. The zero-order valence-electron chi connectivity index (χ0n) is 19.6. The molecule has 1 atom stereocenters. The molecule has 4 aromatic rings. The van der Waals surface area contributed by atoms with Crippen LogP contribution in [0.5, 0.6) is 0 Å². The van der Waals surface area contributed by atoms with Crippen molar-refractivity contribution in [1.82, 2.24) is 25.2 Å². The van der Waals surface area contributed by atoms with Crippen LogP contribution in [0.2, 0.25) is 0 Å². The molecule has 2 aliphatic rings. The van der Waals surface area contributed by atoms with E-state index >= 15 is 0 Å². The third-order valence-electron chi connectivity index (χ3n) is 7.53. The summed E-state index contributed by atoms with van der Waals surface area (Å²) in [6.45, 7) is 3.00. The van der Waals surface area contributed by atoms with Crippen molar-refractivity contribution in [3.05, 3.63) is 81.4 Å². The van der Waals surface area contributed by atoms with Crippen molar-refractivity contribution in [3.63, 3.8) is 0 Å². The first-order valence-corrected chi connectivity index (χ1v) is 12.5. The number of hydrogen-bond donors (Lipinski definition) is 1. The summed E-state index contributed by atoms with van der Waals surface area (Å²) in [7, 11) is 0. The number of H-pyrrole nitrogens is 1. The molecule has 7 heteroatoms. The highest BCUT2D eigenvalue weighted by Crippen LogP contribution is 2.38. The van der Waals surface area contributed by atoms with E-state index in [1.54, 1.807) is 0 Å². The number of hydrogen-bond acceptors (Lipinski definition) is 5. The third-order valence-corrected chi connectivity index (χ3v) is 7.53. The lowest BCUT2D eigenvalue weighted by Gasteiger charge is -2.37. The number of aromatic amines is 1. The molecule has 1 aliphatic heterocycles. The Morgan fingerprint density at radius 3 is 2.79 bits per heavy atom. The van der Waals surface area contributed by atoms with Crippen LogP contribution >= 0.6 is 0 Å². The number of anilines is 1. The van der Waals surface area contributed by atoms with E-state index in [0.29, 0.717) is 11.6 Å². The molecule has 1 saturated carbocycles. The number of fused-ring (bicyclic) bond motifs is 2. The molecular formula is C27H30N6O. The number of para-hydroxylation sites is 1. The number of rotatable bonds is 5. The van der Waals surface area contributed by atoms with Crippen LogP contribution in [0.15, 0.2) is 53.3 Å². The zero-order valence-corrected chi connectivity index (χ0v) is 19.6. The van der Waals surface area contributed by atoms with Crippen molar-refractivity contribution in [2.24, 2.45) is 0 Å². The standard InChI is InChI=1S/C27H30N6O/c1-2-18-13-14-23-20(16-18)17-22(27(34)28-23)25(26-29-30-31-33(26)21-10-4-5-11-21)32-15-7-9-19-8-3-6-12-24(19)32/h3,6,8,12-14,16-17,21,25H,2,4-5,7,9-11,15H2,1H3,(H,28,34)/t25-/m1/s1. The maximum atomic E-state index is 13.6. The molecule has 6 rings (SSSR count). The van der Waals surface area contributed by atoms with Crippen molar-refractivity contribution in [2.75, 3.05) is 11.4 Å². The van der Waals surface area contributed by atoms with Gasteiger partial charge in [0.05, 0.1) is 6.04 Å². The predicted molar refractivity (Wildman–Crippen MR) is 133 cm³/mol. The molecule has 0 spiro atoms. The summed E-state index contributed by atoms with van der Waals surface area (Å²) in [5.74, 6) is 0.764. The van der Waals surface area contributed by atoms with Gasteiger partial charge in [0.15, 0.2) is 5.82 Å². The number of tetrazole rings is 1. The van der Waals surface area contributed by atoms with Gasteiger partial charge in [-0.05, 0) is 83.3 Å². The van der Waals surface area contributed by atoms with Gasteiger partial charge in [-0.25, -0.2) is 4.68 Å². The minimum absolute atomic E-state index is 0.0780. The summed E-state index contributed by atoms with van der Waals surface area (Å²) < 4.78 is 2.00. The molecule has 2 aromatic heterocycles. The molecule has 0 amide bonds. The Morgan fingerprint density at radius 2 is 1.94 bits per heavy atom. The van der Waals surface area contributed by atoms with Crippen molar-refractivity contribution in [2.45, 2.75) is 64.0 Å². The van der Waals surface area contributed by atoms with Crippen LogP contribution in [-0.2, 0) is 12.8 Å². The first-order chi connectivity index (χ1) is 16.7. The Balaban J connectivity index is 1.57. The van der Waals surface area contributed by atoms with Crippen LogP contribution in [0.3, 0.4) is 0 Å². The average molecular weight is 455 g/mol. The zero-order chi connectivity index (χ0) is 23.1. The Labute approximate surface area is 198 Å². The molecule has 3 heterocycles. The molecule has 0 saturated heterocycles. The lowest BCUT2D eigenvalue weighted by Crippen LogP contribution is -2.38. The first kappa shape index (κ1) is 21.1. The van der Waals surface area contributed by atoms with Gasteiger partial charge in [0, 0.05) is 23.3 Å². The largest absolute Gasteiger partial charge is 0.357 e. The maximum Gasteiger partial charge on any atom is 0.254 e. The number of nitrogens with one attached hydrogen (secondary N) is 1. The Hall–Kier alpha value is -3.48.